The molecule has 1 heterocycles. The van der Waals surface area contributed by atoms with E-state index in [-0.39, 0.29) is 11.8 Å². The predicted octanol–water partition coefficient (Wildman–Crippen LogP) is 1.50. The summed E-state index contributed by atoms with van der Waals surface area (Å²) in [6.07, 6.45) is 2.74. The van der Waals surface area contributed by atoms with Gasteiger partial charge in [-0.05, 0) is 12.3 Å². The Hall–Kier alpha value is -1.06. The van der Waals surface area contributed by atoms with Gasteiger partial charge in [-0.15, -0.1) is 0 Å². The van der Waals surface area contributed by atoms with Gasteiger partial charge in [0, 0.05) is 39.5 Å². The fraction of sp³-hybridized carbons (Fsp3) is 0.846. The molecule has 0 aromatic heterocycles. The minimum Gasteiger partial charge on any atom is -0.339 e. The van der Waals surface area contributed by atoms with Gasteiger partial charge in [-0.25, -0.2) is 0 Å². The van der Waals surface area contributed by atoms with Crippen LogP contribution >= 0.6 is 0 Å². The fourth-order valence-electron chi connectivity index (χ4n) is 2.09. The molecular formula is C13H24N2O2. The van der Waals surface area contributed by atoms with Gasteiger partial charge in [0.2, 0.25) is 11.8 Å². The summed E-state index contributed by atoms with van der Waals surface area (Å²) in [5.41, 5.74) is 0. The summed E-state index contributed by atoms with van der Waals surface area (Å²) in [6, 6.07) is 0. The Morgan fingerprint density at radius 3 is 2.06 bits per heavy atom. The van der Waals surface area contributed by atoms with Crippen molar-refractivity contribution in [3.63, 3.8) is 0 Å². The molecule has 0 aliphatic carbocycles. The van der Waals surface area contributed by atoms with Crippen molar-refractivity contribution in [1.29, 1.82) is 0 Å². The maximum atomic E-state index is 11.9. The van der Waals surface area contributed by atoms with Crippen molar-refractivity contribution < 1.29 is 9.59 Å². The zero-order valence-electron chi connectivity index (χ0n) is 11.2. The van der Waals surface area contributed by atoms with Crippen LogP contribution in [0.1, 0.15) is 40.0 Å². The molecule has 98 valence electrons. The standard InChI is InChI=1S/C13H24N2O2/c1-11(2)5-4-6-13(17)15-9-7-14(8-10-15)12(3)16/h11H,4-10H2,1-3H3. The Balaban J connectivity index is 2.24. The van der Waals surface area contributed by atoms with Crippen molar-refractivity contribution in [3.8, 4) is 0 Å². The van der Waals surface area contributed by atoms with Crippen molar-refractivity contribution in [1.82, 2.24) is 9.80 Å². The van der Waals surface area contributed by atoms with E-state index in [0.717, 1.165) is 12.8 Å². The van der Waals surface area contributed by atoms with E-state index in [1.165, 1.54) is 0 Å². The van der Waals surface area contributed by atoms with Crippen LogP contribution in [0, 0.1) is 5.92 Å². The van der Waals surface area contributed by atoms with Crippen LogP contribution in [0.4, 0.5) is 0 Å². The lowest BCUT2D eigenvalue weighted by atomic mass is 10.1. The summed E-state index contributed by atoms with van der Waals surface area (Å²) in [7, 11) is 0. The predicted molar refractivity (Wildman–Crippen MR) is 67.5 cm³/mol. The molecule has 0 unspecified atom stereocenters. The van der Waals surface area contributed by atoms with E-state index in [1.807, 2.05) is 4.90 Å². The second-order valence-electron chi connectivity index (χ2n) is 5.17. The molecule has 17 heavy (non-hydrogen) atoms. The number of rotatable bonds is 4. The number of carbonyl (C=O) groups excluding carboxylic acids is 2. The van der Waals surface area contributed by atoms with E-state index in [4.69, 9.17) is 0 Å². The first-order valence-corrected chi connectivity index (χ1v) is 6.54. The topological polar surface area (TPSA) is 40.6 Å². The normalized spacial score (nSPS) is 16.5. The van der Waals surface area contributed by atoms with Crippen LogP contribution in [0.2, 0.25) is 0 Å². The van der Waals surface area contributed by atoms with Crippen LogP contribution in [0.5, 0.6) is 0 Å². The Morgan fingerprint density at radius 1 is 1.06 bits per heavy atom. The van der Waals surface area contributed by atoms with Gasteiger partial charge in [0.15, 0.2) is 0 Å². The van der Waals surface area contributed by atoms with Crippen molar-refractivity contribution in [2.24, 2.45) is 5.92 Å². The zero-order chi connectivity index (χ0) is 12.8. The molecule has 0 atom stereocenters. The minimum atomic E-state index is 0.108. The molecule has 1 rings (SSSR count). The molecule has 4 nitrogen and oxygen atoms in total. The molecule has 0 N–H and O–H groups in total. The number of piperazine rings is 1. The Bertz CT molecular complexity index is 269. The molecule has 0 aromatic rings. The highest BCUT2D eigenvalue weighted by molar-refractivity contribution is 5.77. The maximum Gasteiger partial charge on any atom is 0.222 e. The van der Waals surface area contributed by atoms with Crippen molar-refractivity contribution in [2.45, 2.75) is 40.0 Å². The van der Waals surface area contributed by atoms with E-state index < -0.39 is 0 Å². The molecule has 0 spiro atoms. The van der Waals surface area contributed by atoms with Gasteiger partial charge in [0.05, 0.1) is 0 Å². The van der Waals surface area contributed by atoms with Crippen molar-refractivity contribution >= 4 is 11.8 Å². The van der Waals surface area contributed by atoms with Crippen molar-refractivity contribution in [3.05, 3.63) is 0 Å². The molecule has 1 aliphatic rings. The van der Waals surface area contributed by atoms with Gasteiger partial charge >= 0.3 is 0 Å². The Morgan fingerprint density at radius 2 is 1.59 bits per heavy atom. The van der Waals surface area contributed by atoms with E-state index in [9.17, 15) is 9.59 Å². The number of hydrogen-bond donors (Lipinski definition) is 0. The lowest BCUT2D eigenvalue weighted by Crippen LogP contribution is -2.50. The highest BCUT2D eigenvalue weighted by atomic mass is 16.2. The first-order chi connectivity index (χ1) is 8.00. The summed E-state index contributed by atoms with van der Waals surface area (Å²) in [4.78, 5) is 26.7. The third kappa shape index (κ3) is 4.75. The van der Waals surface area contributed by atoms with Crippen LogP contribution in [0.15, 0.2) is 0 Å². The van der Waals surface area contributed by atoms with E-state index in [1.54, 1.807) is 11.8 Å². The van der Waals surface area contributed by atoms with E-state index in [0.29, 0.717) is 38.5 Å². The molecule has 2 amide bonds. The molecule has 0 bridgehead atoms. The molecule has 0 radical (unpaired) electrons. The zero-order valence-corrected chi connectivity index (χ0v) is 11.2. The lowest BCUT2D eigenvalue weighted by molar-refractivity contribution is -0.138. The highest BCUT2D eigenvalue weighted by Gasteiger charge is 2.21. The average molecular weight is 240 g/mol. The van der Waals surface area contributed by atoms with E-state index >= 15 is 0 Å². The number of amides is 2. The molecule has 1 aliphatic heterocycles. The van der Waals surface area contributed by atoms with Gasteiger partial charge in [-0.1, -0.05) is 20.3 Å². The van der Waals surface area contributed by atoms with Crippen LogP contribution < -0.4 is 0 Å². The molecule has 0 saturated carbocycles. The second kappa shape index (κ2) is 6.62. The minimum absolute atomic E-state index is 0.108. The van der Waals surface area contributed by atoms with Gasteiger partial charge in [0.25, 0.3) is 0 Å². The summed E-state index contributed by atoms with van der Waals surface area (Å²) >= 11 is 0. The largest absolute Gasteiger partial charge is 0.339 e. The molecular weight excluding hydrogens is 216 g/mol. The summed E-state index contributed by atoms with van der Waals surface area (Å²) in [5, 5.41) is 0. The lowest BCUT2D eigenvalue weighted by Gasteiger charge is -2.34. The van der Waals surface area contributed by atoms with Crippen LogP contribution in [0.25, 0.3) is 0 Å². The SMILES string of the molecule is CC(=O)N1CCN(C(=O)CCCC(C)C)CC1. The summed E-state index contributed by atoms with van der Waals surface area (Å²) in [5.74, 6) is 1.02. The third-order valence-corrected chi connectivity index (χ3v) is 3.25. The third-order valence-electron chi connectivity index (χ3n) is 3.25. The van der Waals surface area contributed by atoms with Crippen LogP contribution in [0.3, 0.4) is 0 Å². The van der Waals surface area contributed by atoms with Crippen LogP contribution in [-0.2, 0) is 9.59 Å². The fourth-order valence-corrected chi connectivity index (χ4v) is 2.09. The van der Waals surface area contributed by atoms with Gasteiger partial charge < -0.3 is 9.80 Å². The first-order valence-electron chi connectivity index (χ1n) is 6.54. The molecule has 1 fully saturated rings. The van der Waals surface area contributed by atoms with Crippen molar-refractivity contribution in [2.75, 3.05) is 26.2 Å². The average Bonchev–Trinajstić information content (AvgIpc) is 2.28. The van der Waals surface area contributed by atoms with Gasteiger partial charge in [-0.2, -0.15) is 0 Å². The molecule has 0 aromatic carbocycles. The molecule has 1 saturated heterocycles. The highest BCUT2D eigenvalue weighted by Crippen LogP contribution is 2.10. The second-order valence-corrected chi connectivity index (χ2v) is 5.17. The number of nitrogens with zero attached hydrogens (tertiary/aromatic N) is 2. The number of carbonyl (C=O) groups is 2. The van der Waals surface area contributed by atoms with Gasteiger partial charge in [0.1, 0.15) is 0 Å². The van der Waals surface area contributed by atoms with E-state index in [2.05, 4.69) is 13.8 Å². The van der Waals surface area contributed by atoms with Crippen LogP contribution in [-0.4, -0.2) is 47.8 Å². The Kier molecular flexibility index (Phi) is 5.45. The monoisotopic (exact) mass is 240 g/mol. The first kappa shape index (κ1) is 14.0. The quantitative estimate of drug-likeness (QED) is 0.747. The number of hydrogen-bond acceptors (Lipinski definition) is 2. The molecule has 4 heteroatoms. The maximum absolute atomic E-state index is 11.9. The smallest absolute Gasteiger partial charge is 0.222 e. The summed E-state index contributed by atoms with van der Waals surface area (Å²) < 4.78 is 0. The Labute approximate surface area is 104 Å². The summed E-state index contributed by atoms with van der Waals surface area (Å²) in [6.45, 7) is 8.70. The van der Waals surface area contributed by atoms with Gasteiger partial charge in [-0.3, -0.25) is 9.59 Å².